The van der Waals surface area contributed by atoms with Gasteiger partial charge < -0.3 is 15.3 Å². The van der Waals surface area contributed by atoms with Gasteiger partial charge in [0.15, 0.2) is 0 Å². The Morgan fingerprint density at radius 1 is 0.880 bits per heavy atom. The van der Waals surface area contributed by atoms with Gasteiger partial charge in [0.25, 0.3) is 0 Å². The summed E-state index contributed by atoms with van der Waals surface area (Å²) < 4.78 is 0. The number of phenols is 2. The summed E-state index contributed by atoms with van der Waals surface area (Å²) in [6, 6.07) is 12.5. The van der Waals surface area contributed by atoms with Crippen LogP contribution in [0.15, 0.2) is 52.3 Å². The number of hydrogen-bond acceptors (Lipinski definition) is 4. The maximum Gasteiger partial charge on any atom is 0.303 e. The van der Waals surface area contributed by atoms with Crippen LogP contribution in [0.3, 0.4) is 0 Å². The molecule has 0 unspecified atom stereocenters. The van der Waals surface area contributed by atoms with Gasteiger partial charge in [-0.3, -0.25) is 4.79 Å². The number of benzene rings is 2. The first kappa shape index (κ1) is 19.2. The lowest BCUT2D eigenvalue weighted by Crippen LogP contribution is -1.94. The molecule has 0 radical (unpaired) electrons. The summed E-state index contributed by atoms with van der Waals surface area (Å²) in [4.78, 5) is 12.3. The van der Waals surface area contributed by atoms with Crippen LogP contribution in [0.1, 0.15) is 44.1 Å². The Kier molecular flexibility index (Phi) is 7.67. The quantitative estimate of drug-likeness (QED) is 0.507. The van der Waals surface area contributed by atoms with E-state index in [1.54, 1.807) is 18.2 Å². The number of phenolic OH excluding ortho intramolecular Hbond substituents is 2. The normalized spacial score (nSPS) is 10.7. The Labute approximate surface area is 152 Å². The van der Waals surface area contributed by atoms with Gasteiger partial charge in [0.2, 0.25) is 0 Å². The smallest absolute Gasteiger partial charge is 0.303 e. The molecule has 0 aliphatic heterocycles. The zero-order valence-corrected chi connectivity index (χ0v) is 15.0. The van der Waals surface area contributed by atoms with Gasteiger partial charge in [0.1, 0.15) is 11.5 Å². The Morgan fingerprint density at radius 2 is 1.56 bits per heavy atom. The summed E-state index contributed by atoms with van der Waals surface area (Å²) in [5, 5.41) is 28.2. The third-order valence-corrected chi connectivity index (χ3v) is 5.15. The molecule has 0 aromatic heterocycles. The molecular formula is C20H24O4S. The zero-order chi connectivity index (χ0) is 18.1. The molecular weight excluding hydrogens is 336 g/mol. The van der Waals surface area contributed by atoms with Crippen LogP contribution in [0, 0.1) is 0 Å². The average Bonchev–Trinajstić information content (AvgIpc) is 2.58. The highest BCUT2D eigenvalue weighted by Crippen LogP contribution is 2.38. The molecule has 0 saturated carbocycles. The lowest BCUT2D eigenvalue weighted by molar-refractivity contribution is -0.137. The summed E-state index contributed by atoms with van der Waals surface area (Å²) in [5.74, 6) is -0.225. The van der Waals surface area contributed by atoms with Crippen LogP contribution < -0.4 is 0 Å². The number of carboxylic acid groups (broad SMARTS) is 1. The molecule has 4 nitrogen and oxygen atoms in total. The number of aryl methyl sites for hydroxylation is 1. The molecule has 0 spiro atoms. The van der Waals surface area contributed by atoms with Crippen molar-refractivity contribution in [3.63, 3.8) is 0 Å². The van der Waals surface area contributed by atoms with Crippen molar-refractivity contribution >= 4 is 17.7 Å². The number of hydrogen-bond donors (Lipinski definition) is 3. The zero-order valence-electron chi connectivity index (χ0n) is 14.1. The van der Waals surface area contributed by atoms with Gasteiger partial charge in [-0.15, -0.1) is 0 Å². The molecule has 0 fully saturated rings. The third kappa shape index (κ3) is 6.70. The number of rotatable bonds is 10. The highest BCUT2D eigenvalue weighted by Gasteiger charge is 2.10. The van der Waals surface area contributed by atoms with Gasteiger partial charge in [-0.1, -0.05) is 43.2 Å². The fourth-order valence-corrected chi connectivity index (χ4v) is 3.62. The van der Waals surface area contributed by atoms with Crippen LogP contribution in [-0.2, 0) is 11.2 Å². The SMILES string of the molecule is O=C(O)CCCCCCCc1cccc(O)c1Sc1ccc(O)cc1. The molecule has 0 saturated heterocycles. The van der Waals surface area contributed by atoms with Gasteiger partial charge in [-0.05, 0) is 55.2 Å². The standard InChI is InChI=1S/C20H24O4S/c21-16-11-13-17(14-12-16)25-20-15(8-6-9-18(20)22)7-4-2-1-3-5-10-19(23)24/h6,8-9,11-14,21-22H,1-5,7,10H2,(H,23,24). The number of carboxylic acids is 1. The summed E-state index contributed by atoms with van der Waals surface area (Å²) in [5.41, 5.74) is 1.11. The predicted octanol–water partition coefficient (Wildman–Crippen LogP) is 5.22. The highest BCUT2D eigenvalue weighted by atomic mass is 32.2. The summed E-state index contributed by atoms with van der Waals surface area (Å²) in [6.45, 7) is 0. The number of aliphatic carboxylic acids is 1. The number of aromatic hydroxyl groups is 2. The second kappa shape index (κ2) is 9.99. The molecule has 0 atom stereocenters. The third-order valence-electron chi connectivity index (χ3n) is 3.97. The van der Waals surface area contributed by atoms with Crippen LogP contribution in [-0.4, -0.2) is 21.3 Å². The fourth-order valence-electron chi connectivity index (χ4n) is 2.64. The Balaban J connectivity index is 1.87. The first-order valence-corrected chi connectivity index (χ1v) is 9.37. The predicted molar refractivity (Wildman–Crippen MR) is 99.4 cm³/mol. The van der Waals surface area contributed by atoms with E-state index in [1.807, 2.05) is 24.3 Å². The van der Waals surface area contributed by atoms with E-state index in [0.29, 0.717) is 0 Å². The van der Waals surface area contributed by atoms with Gasteiger partial charge in [-0.25, -0.2) is 0 Å². The molecule has 2 rings (SSSR count). The molecule has 2 aromatic rings. The van der Waals surface area contributed by atoms with Crippen LogP contribution in [0.25, 0.3) is 0 Å². The summed E-state index contributed by atoms with van der Waals surface area (Å²) in [7, 11) is 0. The fraction of sp³-hybridized carbons (Fsp3) is 0.350. The van der Waals surface area contributed by atoms with E-state index in [1.165, 1.54) is 11.8 Å². The Hall–Kier alpha value is -2.14. The van der Waals surface area contributed by atoms with Crippen molar-refractivity contribution < 1.29 is 20.1 Å². The lowest BCUT2D eigenvalue weighted by Gasteiger charge is -2.11. The van der Waals surface area contributed by atoms with Crippen molar-refractivity contribution in [2.24, 2.45) is 0 Å². The molecule has 3 N–H and O–H groups in total. The maximum atomic E-state index is 10.5. The van der Waals surface area contributed by atoms with Crippen LogP contribution in [0.5, 0.6) is 11.5 Å². The van der Waals surface area contributed by atoms with Crippen molar-refractivity contribution in [1.29, 1.82) is 0 Å². The molecule has 5 heteroatoms. The summed E-state index contributed by atoms with van der Waals surface area (Å²) >= 11 is 1.50. The minimum absolute atomic E-state index is 0.227. The monoisotopic (exact) mass is 360 g/mol. The van der Waals surface area contributed by atoms with Crippen molar-refractivity contribution in [3.8, 4) is 11.5 Å². The maximum absolute atomic E-state index is 10.5. The molecule has 0 heterocycles. The lowest BCUT2D eigenvalue weighted by atomic mass is 10.0. The Morgan fingerprint density at radius 3 is 2.28 bits per heavy atom. The van der Waals surface area contributed by atoms with Crippen molar-refractivity contribution in [2.75, 3.05) is 0 Å². The molecule has 134 valence electrons. The van der Waals surface area contributed by atoms with Crippen molar-refractivity contribution in [3.05, 3.63) is 48.0 Å². The molecule has 2 aromatic carbocycles. The van der Waals surface area contributed by atoms with Gasteiger partial charge >= 0.3 is 5.97 Å². The molecule has 25 heavy (non-hydrogen) atoms. The van der Waals surface area contributed by atoms with E-state index in [2.05, 4.69) is 0 Å². The van der Waals surface area contributed by atoms with Gasteiger partial charge in [-0.2, -0.15) is 0 Å². The highest BCUT2D eigenvalue weighted by molar-refractivity contribution is 7.99. The second-order valence-electron chi connectivity index (χ2n) is 6.02. The largest absolute Gasteiger partial charge is 0.508 e. The molecule has 0 bridgehead atoms. The average molecular weight is 360 g/mol. The number of carbonyl (C=O) groups is 1. The van der Waals surface area contributed by atoms with Crippen LogP contribution in [0.4, 0.5) is 0 Å². The molecule has 0 aliphatic carbocycles. The minimum atomic E-state index is -0.726. The number of unbranched alkanes of at least 4 members (excludes halogenated alkanes) is 4. The van der Waals surface area contributed by atoms with E-state index in [0.717, 1.165) is 53.9 Å². The van der Waals surface area contributed by atoms with Crippen LogP contribution in [0.2, 0.25) is 0 Å². The topological polar surface area (TPSA) is 77.8 Å². The van der Waals surface area contributed by atoms with E-state index in [9.17, 15) is 15.0 Å². The molecule has 0 aliphatic rings. The van der Waals surface area contributed by atoms with E-state index in [4.69, 9.17) is 5.11 Å². The van der Waals surface area contributed by atoms with Gasteiger partial charge in [0.05, 0.1) is 4.90 Å². The van der Waals surface area contributed by atoms with E-state index < -0.39 is 5.97 Å². The minimum Gasteiger partial charge on any atom is -0.508 e. The second-order valence-corrected chi connectivity index (χ2v) is 7.11. The molecule has 0 amide bonds. The first-order valence-electron chi connectivity index (χ1n) is 8.56. The van der Waals surface area contributed by atoms with E-state index >= 15 is 0 Å². The van der Waals surface area contributed by atoms with Gasteiger partial charge in [0, 0.05) is 11.3 Å². The Bertz CT molecular complexity index is 683. The van der Waals surface area contributed by atoms with Crippen LogP contribution >= 0.6 is 11.8 Å². The van der Waals surface area contributed by atoms with Crippen molar-refractivity contribution in [1.82, 2.24) is 0 Å². The van der Waals surface area contributed by atoms with E-state index in [-0.39, 0.29) is 17.9 Å². The first-order chi connectivity index (χ1) is 12.1. The van der Waals surface area contributed by atoms with Crippen molar-refractivity contribution in [2.45, 2.75) is 54.7 Å². The summed E-state index contributed by atoms with van der Waals surface area (Å²) in [6.07, 6.45) is 5.92.